The number of amides is 1. The number of nitrogens with one attached hydrogen (secondary N) is 1. The molecule has 1 aromatic carbocycles. The molecule has 0 aliphatic heterocycles. The molecule has 2 rings (SSSR count). The Balaban J connectivity index is 2.00. The number of nitrogens with two attached hydrogens (primary N) is 1. The minimum Gasteiger partial charge on any atom is -0.351 e. The molecule has 0 heterocycles. The third kappa shape index (κ3) is 4.07. The zero-order valence-corrected chi connectivity index (χ0v) is 13.5. The Hall–Kier alpha value is -1.35. The van der Waals surface area contributed by atoms with Crippen molar-refractivity contribution in [3.63, 3.8) is 0 Å². The normalized spacial score (nSPS) is 22.3. The van der Waals surface area contributed by atoms with Crippen LogP contribution >= 0.6 is 0 Å². The highest BCUT2D eigenvalue weighted by atomic mass is 16.2. The van der Waals surface area contributed by atoms with Gasteiger partial charge in [-0.1, -0.05) is 30.7 Å². The number of rotatable bonds is 5. The van der Waals surface area contributed by atoms with Gasteiger partial charge in [-0.3, -0.25) is 4.79 Å². The number of carbonyl (C=O) groups excluding carboxylic acids is 1. The Bertz CT molecular complexity index is 496. The van der Waals surface area contributed by atoms with Crippen molar-refractivity contribution in [1.82, 2.24) is 5.32 Å². The molecule has 0 saturated heterocycles. The minimum absolute atomic E-state index is 0.103. The molecule has 0 radical (unpaired) electrons. The van der Waals surface area contributed by atoms with Crippen molar-refractivity contribution >= 4 is 5.91 Å². The largest absolute Gasteiger partial charge is 0.351 e. The maximum atomic E-state index is 12.5. The van der Waals surface area contributed by atoms with E-state index in [1.807, 2.05) is 0 Å². The number of hydrogen-bond acceptors (Lipinski definition) is 2. The average molecular weight is 288 g/mol. The third-order valence-corrected chi connectivity index (χ3v) is 4.65. The van der Waals surface area contributed by atoms with Crippen LogP contribution in [0.25, 0.3) is 0 Å². The molecule has 2 atom stereocenters. The summed E-state index contributed by atoms with van der Waals surface area (Å²) >= 11 is 0. The van der Waals surface area contributed by atoms with E-state index >= 15 is 0 Å². The molecule has 1 amide bonds. The van der Waals surface area contributed by atoms with E-state index < -0.39 is 0 Å². The lowest BCUT2D eigenvalue weighted by Gasteiger charge is -2.30. The van der Waals surface area contributed by atoms with Crippen LogP contribution in [0.4, 0.5) is 0 Å². The Labute approximate surface area is 128 Å². The second-order valence-corrected chi connectivity index (χ2v) is 7.01. The molecule has 0 spiro atoms. The highest BCUT2D eigenvalue weighted by molar-refractivity contribution is 5.80. The standard InChI is InChI=1S/C18H28N2O/c1-13-7-4-5-8-14(13)11-18(2,3)20-17(21)16-10-6-9-15(16)12-19/h4-5,7-8,15-16H,6,9-12,19H2,1-3H3,(H,20,21)/t15-,16-/m1/s1. The molecule has 21 heavy (non-hydrogen) atoms. The molecule has 3 nitrogen and oxygen atoms in total. The van der Waals surface area contributed by atoms with Crippen molar-refractivity contribution in [2.45, 2.75) is 52.0 Å². The smallest absolute Gasteiger partial charge is 0.223 e. The van der Waals surface area contributed by atoms with Gasteiger partial charge in [0.2, 0.25) is 5.91 Å². The summed E-state index contributed by atoms with van der Waals surface area (Å²) in [4.78, 5) is 12.5. The summed E-state index contributed by atoms with van der Waals surface area (Å²) in [5.41, 5.74) is 8.13. The van der Waals surface area contributed by atoms with E-state index in [1.165, 1.54) is 11.1 Å². The average Bonchev–Trinajstić information content (AvgIpc) is 2.89. The fourth-order valence-corrected chi connectivity index (χ4v) is 3.42. The van der Waals surface area contributed by atoms with Crippen LogP contribution in [-0.2, 0) is 11.2 Å². The second kappa shape index (κ2) is 6.61. The van der Waals surface area contributed by atoms with E-state index in [2.05, 4.69) is 50.4 Å². The van der Waals surface area contributed by atoms with E-state index in [9.17, 15) is 4.79 Å². The number of benzene rings is 1. The van der Waals surface area contributed by atoms with Crippen LogP contribution in [0, 0.1) is 18.8 Å². The molecule has 1 saturated carbocycles. The number of carbonyl (C=O) groups is 1. The van der Waals surface area contributed by atoms with E-state index in [1.54, 1.807) is 0 Å². The first-order chi connectivity index (χ1) is 9.93. The zero-order chi connectivity index (χ0) is 15.5. The van der Waals surface area contributed by atoms with Gasteiger partial charge in [-0.25, -0.2) is 0 Å². The Morgan fingerprint density at radius 3 is 2.71 bits per heavy atom. The predicted molar refractivity (Wildman–Crippen MR) is 87.0 cm³/mol. The van der Waals surface area contributed by atoms with Gasteiger partial charge in [0.25, 0.3) is 0 Å². The van der Waals surface area contributed by atoms with Gasteiger partial charge in [-0.15, -0.1) is 0 Å². The van der Waals surface area contributed by atoms with Crippen LogP contribution in [-0.4, -0.2) is 18.0 Å². The summed E-state index contributed by atoms with van der Waals surface area (Å²) in [5.74, 6) is 0.645. The maximum absolute atomic E-state index is 12.5. The van der Waals surface area contributed by atoms with Gasteiger partial charge in [0, 0.05) is 11.5 Å². The SMILES string of the molecule is Cc1ccccc1CC(C)(C)NC(=O)[C@@H]1CCC[C@@H]1CN. The predicted octanol–water partition coefficient (Wildman–Crippen LogP) is 2.81. The van der Waals surface area contributed by atoms with Gasteiger partial charge in [0.05, 0.1) is 0 Å². The maximum Gasteiger partial charge on any atom is 0.223 e. The topological polar surface area (TPSA) is 55.1 Å². The Morgan fingerprint density at radius 2 is 2.05 bits per heavy atom. The van der Waals surface area contributed by atoms with Crippen molar-refractivity contribution in [3.8, 4) is 0 Å². The first kappa shape index (κ1) is 16.0. The summed E-state index contributed by atoms with van der Waals surface area (Å²) in [5, 5.41) is 3.24. The monoisotopic (exact) mass is 288 g/mol. The third-order valence-electron chi connectivity index (χ3n) is 4.65. The van der Waals surface area contributed by atoms with Crippen LogP contribution in [0.2, 0.25) is 0 Å². The molecule has 1 fully saturated rings. The van der Waals surface area contributed by atoms with Crippen molar-refractivity contribution in [1.29, 1.82) is 0 Å². The van der Waals surface area contributed by atoms with Crippen molar-refractivity contribution < 1.29 is 4.79 Å². The van der Waals surface area contributed by atoms with Gasteiger partial charge in [0.1, 0.15) is 0 Å². The molecule has 0 bridgehead atoms. The highest BCUT2D eigenvalue weighted by Crippen LogP contribution is 2.31. The van der Waals surface area contributed by atoms with Crippen LogP contribution in [0.15, 0.2) is 24.3 Å². The van der Waals surface area contributed by atoms with Gasteiger partial charge >= 0.3 is 0 Å². The fourth-order valence-electron chi connectivity index (χ4n) is 3.42. The molecule has 3 N–H and O–H groups in total. The second-order valence-electron chi connectivity index (χ2n) is 7.01. The molecule has 0 aromatic heterocycles. The Kier molecular flexibility index (Phi) is 5.04. The summed E-state index contributed by atoms with van der Waals surface area (Å²) in [7, 11) is 0. The van der Waals surface area contributed by atoms with Crippen molar-refractivity contribution in [2.24, 2.45) is 17.6 Å². The van der Waals surface area contributed by atoms with Crippen LogP contribution in [0.3, 0.4) is 0 Å². The van der Waals surface area contributed by atoms with E-state index in [4.69, 9.17) is 5.73 Å². The molecule has 0 unspecified atom stereocenters. The highest BCUT2D eigenvalue weighted by Gasteiger charge is 2.34. The van der Waals surface area contributed by atoms with E-state index in [-0.39, 0.29) is 17.4 Å². The number of hydrogen-bond donors (Lipinski definition) is 2. The minimum atomic E-state index is -0.231. The van der Waals surface area contributed by atoms with Crippen LogP contribution in [0.1, 0.15) is 44.2 Å². The van der Waals surface area contributed by atoms with Gasteiger partial charge in [-0.2, -0.15) is 0 Å². The summed E-state index contributed by atoms with van der Waals surface area (Å²) in [6, 6.07) is 8.37. The Morgan fingerprint density at radius 1 is 1.33 bits per heavy atom. The summed E-state index contributed by atoms with van der Waals surface area (Å²) in [6.07, 6.45) is 4.05. The van der Waals surface area contributed by atoms with Crippen molar-refractivity contribution in [2.75, 3.05) is 6.54 Å². The van der Waals surface area contributed by atoms with E-state index in [0.717, 1.165) is 25.7 Å². The molecule has 1 aliphatic rings. The fraction of sp³-hybridized carbons (Fsp3) is 0.611. The van der Waals surface area contributed by atoms with E-state index in [0.29, 0.717) is 12.5 Å². The summed E-state index contributed by atoms with van der Waals surface area (Å²) < 4.78 is 0. The molecule has 3 heteroatoms. The van der Waals surface area contributed by atoms with Gasteiger partial charge < -0.3 is 11.1 Å². The molecule has 1 aliphatic carbocycles. The first-order valence-electron chi connectivity index (χ1n) is 7.99. The lowest BCUT2D eigenvalue weighted by Crippen LogP contribution is -2.48. The molecular formula is C18H28N2O. The summed E-state index contributed by atoms with van der Waals surface area (Å²) in [6.45, 7) is 6.94. The zero-order valence-electron chi connectivity index (χ0n) is 13.5. The first-order valence-corrected chi connectivity index (χ1v) is 7.99. The van der Waals surface area contributed by atoms with Crippen molar-refractivity contribution in [3.05, 3.63) is 35.4 Å². The molecular weight excluding hydrogens is 260 g/mol. The molecule has 116 valence electrons. The lowest BCUT2D eigenvalue weighted by atomic mass is 9.90. The lowest BCUT2D eigenvalue weighted by molar-refractivity contribution is -0.127. The van der Waals surface area contributed by atoms with Gasteiger partial charge in [-0.05, 0) is 63.6 Å². The number of aryl methyl sites for hydroxylation is 1. The van der Waals surface area contributed by atoms with Gasteiger partial charge in [0.15, 0.2) is 0 Å². The quantitative estimate of drug-likeness (QED) is 0.875. The molecule has 1 aromatic rings. The van der Waals surface area contributed by atoms with Crippen LogP contribution < -0.4 is 11.1 Å². The van der Waals surface area contributed by atoms with Crippen LogP contribution in [0.5, 0.6) is 0 Å².